The fourth-order valence-electron chi connectivity index (χ4n) is 2.00. The molecular weight excluding hydrogens is 290 g/mol. The van der Waals surface area contributed by atoms with Gasteiger partial charge in [-0.1, -0.05) is 0 Å². The topological polar surface area (TPSA) is 104 Å². The number of H-pyrrole nitrogens is 1. The minimum atomic E-state index is -3.71. The highest BCUT2D eigenvalue weighted by Crippen LogP contribution is 2.22. The fourth-order valence-corrected chi connectivity index (χ4v) is 3.43. The number of rotatable bonds is 5. The van der Waals surface area contributed by atoms with Gasteiger partial charge in [0.05, 0.1) is 11.4 Å². The van der Waals surface area contributed by atoms with E-state index in [0.717, 1.165) is 5.69 Å². The molecule has 0 spiro atoms. The van der Waals surface area contributed by atoms with Crippen LogP contribution in [0.2, 0.25) is 0 Å². The lowest BCUT2D eigenvalue weighted by Crippen LogP contribution is -2.16. The van der Waals surface area contributed by atoms with E-state index in [1.165, 1.54) is 0 Å². The third-order valence-electron chi connectivity index (χ3n) is 3.06. The van der Waals surface area contributed by atoms with Crippen molar-refractivity contribution >= 4 is 21.4 Å². The van der Waals surface area contributed by atoms with Crippen molar-refractivity contribution in [2.24, 2.45) is 5.73 Å². The summed E-state index contributed by atoms with van der Waals surface area (Å²) in [6.45, 7) is 1.70. The van der Waals surface area contributed by atoms with E-state index < -0.39 is 10.0 Å². The Morgan fingerprint density at radius 3 is 2.43 bits per heavy atom. The van der Waals surface area contributed by atoms with Gasteiger partial charge < -0.3 is 10.6 Å². The summed E-state index contributed by atoms with van der Waals surface area (Å²) in [4.78, 5) is 2.05. The molecule has 0 unspecified atom stereocenters. The molecule has 8 heteroatoms. The highest BCUT2D eigenvalue weighted by atomic mass is 32.2. The number of hydrogen-bond acceptors (Lipinski definition) is 5. The summed E-state index contributed by atoms with van der Waals surface area (Å²) in [6.07, 6.45) is 0. The summed E-state index contributed by atoms with van der Waals surface area (Å²) >= 11 is 0. The van der Waals surface area contributed by atoms with E-state index in [9.17, 15) is 8.42 Å². The fraction of sp³-hybridized carbons (Fsp3) is 0.308. The van der Waals surface area contributed by atoms with Crippen LogP contribution in [0.15, 0.2) is 29.2 Å². The smallest absolute Gasteiger partial charge is 0.265 e. The lowest BCUT2D eigenvalue weighted by atomic mass is 10.3. The van der Waals surface area contributed by atoms with Gasteiger partial charge in [-0.2, -0.15) is 5.10 Å². The van der Waals surface area contributed by atoms with Gasteiger partial charge in [-0.15, -0.1) is 0 Å². The second kappa shape index (κ2) is 5.74. The first-order valence-corrected chi connectivity index (χ1v) is 7.87. The Morgan fingerprint density at radius 1 is 1.29 bits per heavy atom. The number of hydrogen-bond donors (Lipinski definition) is 3. The van der Waals surface area contributed by atoms with Gasteiger partial charge in [-0.25, -0.2) is 8.42 Å². The molecule has 1 heterocycles. The molecule has 0 aliphatic rings. The van der Waals surface area contributed by atoms with Crippen LogP contribution in [0.25, 0.3) is 0 Å². The Kier molecular flexibility index (Phi) is 4.19. The number of aromatic amines is 1. The molecule has 0 atom stereocenters. The predicted molar refractivity (Wildman–Crippen MR) is 82.8 cm³/mol. The Bertz CT molecular complexity index is 720. The van der Waals surface area contributed by atoms with Crippen molar-refractivity contribution in [1.82, 2.24) is 10.2 Å². The van der Waals surface area contributed by atoms with Gasteiger partial charge in [0.1, 0.15) is 4.90 Å². The van der Waals surface area contributed by atoms with Gasteiger partial charge in [-0.3, -0.25) is 9.82 Å². The maximum absolute atomic E-state index is 12.4. The second-order valence-corrected chi connectivity index (χ2v) is 6.49. The highest BCUT2D eigenvalue weighted by molar-refractivity contribution is 7.92. The second-order valence-electron chi connectivity index (χ2n) is 4.88. The molecule has 0 aliphatic carbocycles. The summed E-state index contributed by atoms with van der Waals surface area (Å²) in [5.74, 6) is 0. The van der Waals surface area contributed by atoms with Crippen LogP contribution in [0.1, 0.15) is 11.4 Å². The minimum Gasteiger partial charge on any atom is -0.378 e. The summed E-state index contributed by atoms with van der Waals surface area (Å²) in [7, 11) is 0.123. The predicted octanol–water partition coefficient (Wildman–Crippen LogP) is 1.04. The van der Waals surface area contributed by atoms with Crippen molar-refractivity contribution in [3.05, 3.63) is 35.7 Å². The van der Waals surface area contributed by atoms with E-state index in [1.807, 2.05) is 31.1 Å². The first-order chi connectivity index (χ1) is 9.85. The lowest BCUT2D eigenvalue weighted by molar-refractivity contribution is 0.599. The SMILES string of the molecule is Cc1[nH]nc(CN)c1S(=O)(=O)Nc1ccc(N(C)C)cc1. The zero-order valence-corrected chi connectivity index (χ0v) is 13.0. The number of aromatic nitrogens is 2. The van der Waals surface area contributed by atoms with Crippen LogP contribution in [0.5, 0.6) is 0 Å². The van der Waals surface area contributed by atoms with Gasteiger partial charge in [0, 0.05) is 32.0 Å². The zero-order valence-electron chi connectivity index (χ0n) is 12.2. The Labute approximate surface area is 124 Å². The van der Waals surface area contributed by atoms with Crippen LogP contribution in [0.4, 0.5) is 11.4 Å². The van der Waals surface area contributed by atoms with Crippen LogP contribution in [-0.2, 0) is 16.6 Å². The van der Waals surface area contributed by atoms with Crippen molar-refractivity contribution in [3.8, 4) is 0 Å². The molecule has 0 bridgehead atoms. The molecule has 0 fully saturated rings. The molecule has 7 nitrogen and oxygen atoms in total. The quantitative estimate of drug-likeness (QED) is 0.765. The van der Waals surface area contributed by atoms with Gasteiger partial charge >= 0.3 is 0 Å². The number of nitrogens with two attached hydrogens (primary N) is 1. The largest absolute Gasteiger partial charge is 0.378 e. The van der Waals surface area contributed by atoms with E-state index in [0.29, 0.717) is 17.1 Å². The zero-order chi connectivity index (χ0) is 15.6. The Hall–Kier alpha value is -2.06. The number of sulfonamides is 1. The number of nitrogens with zero attached hydrogens (tertiary/aromatic N) is 2. The lowest BCUT2D eigenvalue weighted by Gasteiger charge is -2.13. The van der Waals surface area contributed by atoms with Crippen molar-refractivity contribution in [3.63, 3.8) is 0 Å². The molecule has 1 aromatic heterocycles. The van der Waals surface area contributed by atoms with Gasteiger partial charge in [0.25, 0.3) is 10.0 Å². The van der Waals surface area contributed by atoms with E-state index in [1.54, 1.807) is 19.1 Å². The van der Waals surface area contributed by atoms with Crippen molar-refractivity contribution in [2.75, 3.05) is 23.7 Å². The molecule has 21 heavy (non-hydrogen) atoms. The summed E-state index contributed by atoms with van der Waals surface area (Å²) in [5, 5.41) is 6.55. The van der Waals surface area contributed by atoms with Crippen LogP contribution in [-0.4, -0.2) is 32.7 Å². The van der Waals surface area contributed by atoms with Gasteiger partial charge in [0.15, 0.2) is 0 Å². The monoisotopic (exact) mass is 309 g/mol. The molecule has 4 N–H and O–H groups in total. The number of anilines is 2. The molecule has 0 saturated heterocycles. The first kappa shape index (κ1) is 15.3. The van der Waals surface area contributed by atoms with E-state index in [4.69, 9.17) is 5.73 Å². The standard InChI is InChI=1S/C13H19N5O2S/c1-9-13(12(8-14)16-15-9)21(19,20)17-10-4-6-11(7-5-10)18(2)3/h4-7,17H,8,14H2,1-3H3,(H,15,16). The number of benzene rings is 1. The van der Waals surface area contributed by atoms with E-state index in [2.05, 4.69) is 14.9 Å². The molecule has 0 saturated carbocycles. The molecule has 114 valence electrons. The average Bonchev–Trinajstić information content (AvgIpc) is 2.80. The van der Waals surface area contributed by atoms with Crippen LogP contribution in [0.3, 0.4) is 0 Å². The highest BCUT2D eigenvalue weighted by Gasteiger charge is 2.23. The molecule has 0 radical (unpaired) electrons. The van der Waals surface area contributed by atoms with Gasteiger partial charge in [0.2, 0.25) is 0 Å². The van der Waals surface area contributed by atoms with E-state index in [-0.39, 0.29) is 11.4 Å². The molecular formula is C13H19N5O2S. The maximum Gasteiger partial charge on any atom is 0.265 e. The van der Waals surface area contributed by atoms with Crippen molar-refractivity contribution in [2.45, 2.75) is 18.4 Å². The maximum atomic E-state index is 12.4. The Balaban J connectivity index is 2.31. The number of aryl methyl sites for hydroxylation is 1. The molecule has 0 aliphatic heterocycles. The molecule has 0 amide bonds. The Morgan fingerprint density at radius 2 is 1.90 bits per heavy atom. The van der Waals surface area contributed by atoms with Crippen LogP contribution >= 0.6 is 0 Å². The summed E-state index contributed by atoms with van der Waals surface area (Å²) < 4.78 is 27.4. The van der Waals surface area contributed by atoms with Gasteiger partial charge in [-0.05, 0) is 31.2 Å². The molecule has 1 aromatic carbocycles. The molecule has 2 rings (SSSR count). The summed E-state index contributed by atoms with van der Waals surface area (Å²) in [6, 6.07) is 7.10. The first-order valence-electron chi connectivity index (χ1n) is 6.39. The third-order valence-corrected chi connectivity index (χ3v) is 4.64. The average molecular weight is 309 g/mol. The van der Waals surface area contributed by atoms with Crippen LogP contribution < -0.4 is 15.4 Å². The van der Waals surface area contributed by atoms with Crippen molar-refractivity contribution in [1.29, 1.82) is 0 Å². The van der Waals surface area contributed by atoms with E-state index >= 15 is 0 Å². The third kappa shape index (κ3) is 3.17. The molecule has 2 aromatic rings. The van der Waals surface area contributed by atoms with Crippen LogP contribution in [0, 0.1) is 6.92 Å². The van der Waals surface area contributed by atoms with Crippen molar-refractivity contribution < 1.29 is 8.42 Å². The summed E-state index contributed by atoms with van der Waals surface area (Å²) in [5.41, 5.74) is 7.79. The minimum absolute atomic E-state index is 0.0557. The number of nitrogens with one attached hydrogen (secondary N) is 2. The normalized spacial score (nSPS) is 11.4.